The van der Waals surface area contributed by atoms with Crippen molar-refractivity contribution in [2.45, 2.75) is 20.8 Å². The number of ketones is 1. The van der Waals surface area contributed by atoms with Gasteiger partial charge in [0.1, 0.15) is 11.5 Å². The summed E-state index contributed by atoms with van der Waals surface area (Å²) < 4.78 is 10.5. The molecule has 15 heavy (non-hydrogen) atoms. The van der Waals surface area contributed by atoms with E-state index in [0.29, 0.717) is 17.9 Å². The highest BCUT2D eigenvalue weighted by atomic mass is 16.5. The number of rotatable bonds is 4. The highest BCUT2D eigenvalue weighted by Gasteiger charge is 2.13. The van der Waals surface area contributed by atoms with Crippen molar-refractivity contribution >= 4 is 5.78 Å². The molecule has 0 saturated carbocycles. The van der Waals surface area contributed by atoms with Gasteiger partial charge in [-0.3, -0.25) is 4.79 Å². The molecule has 3 nitrogen and oxygen atoms in total. The number of hydrogen-bond acceptors (Lipinski definition) is 3. The van der Waals surface area contributed by atoms with Crippen LogP contribution < -0.4 is 9.47 Å². The molecule has 0 bridgehead atoms. The topological polar surface area (TPSA) is 35.5 Å². The largest absolute Gasteiger partial charge is 0.496 e. The lowest BCUT2D eigenvalue weighted by Gasteiger charge is -2.12. The van der Waals surface area contributed by atoms with Gasteiger partial charge in [0.15, 0.2) is 5.78 Å². The van der Waals surface area contributed by atoms with Gasteiger partial charge in [-0.2, -0.15) is 0 Å². The monoisotopic (exact) mass is 208 g/mol. The van der Waals surface area contributed by atoms with E-state index < -0.39 is 0 Å². The van der Waals surface area contributed by atoms with Gasteiger partial charge in [-0.15, -0.1) is 0 Å². The average molecular weight is 208 g/mol. The fourth-order valence-corrected chi connectivity index (χ4v) is 1.59. The Morgan fingerprint density at radius 1 is 1.40 bits per heavy atom. The second-order valence-electron chi connectivity index (χ2n) is 3.31. The summed E-state index contributed by atoms with van der Waals surface area (Å²) in [6.07, 6.45) is 0. The Bertz CT molecular complexity index is 369. The summed E-state index contributed by atoms with van der Waals surface area (Å²) in [5.74, 6) is 1.31. The number of hydrogen-bond donors (Lipinski definition) is 0. The van der Waals surface area contributed by atoms with E-state index in [9.17, 15) is 4.79 Å². The van der Waals surface area contributed by atoms with Crippen molar-refractivity contribution in [3.63, 3.8) is 0 Å². The molecule has 0 N–H and O–H groups in total. The van der Waals surface area contributed by atoms with Crippen LogP contribution >= 0.6 is 0 Å². The molecular formula is C12H16O3. The fraction of sp³-hybridized carbons (Fsp3) is 0.417. The molecule has 1 aromatic rings. The van der Waals surface area contributed by atoms with Gasteiger partial charge in [0.05, 0.1) is 19.3 Å². The highest BCUT2D eigenvalue weighted by molar-refractivity contribution is 5.98. The zero-order valence-electron chi connectivity index (χ0n) is 9.59. The molecule has 0 unspecified atom stereocenters. The van der Waals surface area contributed by atoms with Crippen LogP contribution in [-0.4, -0.2) is 19.5 Å². The summed E-state index contributed by atoms with van der Waals surface area (Å²) in [6, 6.07) is 3.59. The van der Waals surface area contributed by atoms with Gasteiger partial charge in [-0.05, 0) is 32.4 Å². The van der Waals surface area contributed by atoms with Gasteiger partial charge in [0, 0.05) is 6.07 Å². The van der Waals surface area contributed by atoms with E-state index in [-0.39, 0.29) is 5.78 Å². The minimum Gasteiger partial charge on any atom is -0.496 e. The third-order valence-electron chi connectivity index (χ3n) is 2.16. The molecule has 0 atom stereocenters. The first-order chi connectivity index (χ1) is 7.10. The lowest BCUT2D eigenvalue weighted by Crippen LogP contribution is -2.02. The fourth-order valence-electron chi connectivity index (χ4n) is 1.59. The molecule has 1 aromatic carbocycles. The summed E-state index contributed by atoms with van der Waals surface area (Å²) in [5, 5.41) is 0. The predicted molar refractivity (Wildman–Crippen MR) is 58.9 cm³/mol. The van der Waals surface area contributed by atoms with Crippen LogP contribution in [-0.2, 0) is 0 Å². The lowest BCUT2D eigenvalue weighted by molar-refractivity contribution is 0.101. The molecule has 3 heteroatoms. The first kappa shape index (κ1) is 11.6. The minimum atomic E-state index is 0.00685. The standard InChI is InChI=1S/C12H16O3/c1-5-15-10-6-8(2)12(9(3)13)11(7-10)14-4/h6-7H,5H2,1-4H3. The SMILES string of the molecule is CCOc1cc(C)c(C(C)=O)c(OC)c1. The van der Waals surface area contributed by atoms with E-state index in [1.54, 1.807) is 13.2 Å². The summed E-state index contributed by atoms with van der Waals surface area (Å²) in [6.45, 7) is 5.93. The van der Waals surface area contributed by atoms with Gasteiger partial charge < -0.3 is 9.47 Å². The first-order valence-electron chi connectivity index (χ1n) is 4.92. The second-order valence-corrected chi connectivity index (χ2v) is 3.31. The lowest BCUT2D eigenvalue weighted by atomic mass is 10.0. The Kier molecular flexibility index (Phi) is 3.72. The molecule has 0 fully saturated rings. The van der Waals surface area contributed by atoms with Crippen LogP contribution in [0, 0.1) is 6.92 Å². The predicted octanol–water partition coefficient (Wildman–Crippen LogP) is 2.60. The van der Waals surface area contributed by atoms with E-state index in [1.807, 2.05) is 19.9 Å². The van der Waals surface area contributed by atoms with E-state index in [4.69, 9.17) is 9.47 Å². The number of ether oxygens (including phenoxy) is 2. The summed E-state index contributed by atoms with van der Waals surface area (Å²) in [5.41, 5.74) is 1.51. The molecule has 0 amide bonds. The quantitative estimate of drug-likeness (QED) is 0.713. The molecule has 0 saturated heterocycles. The van der Waals surface area contributed by atoms with Gasteiger partial charge in [-0.25, -0.2) is 0 Å². The minimum absolute atomic E-state index is 0.00685. The van der Waals surface area contributed by atoms with Gasteiger partial charge in [0.2, 0.25) is 0 Å². The summed E-state index contributed by atoms with van der Waals surface area (Å²) >= 11 is 0. The van der Waals surface area contributed by atoms with Gasteiger partial charge in [-0.1, -0.05) is 0 Å². The van der Waals surface area contributed by atoms with Crippen LogP contribution in [0.5, 0.6) is 11.5 Å². The Labute approximate surface area is 90.0 Å². The number of benzene rings is 1. The Morgan fingerprint density at radius 2 is 2.07 bits per heavy atom. The van der Waals surface area contributed by atoms with Crippen molar-refractivity contribution in [1.82, 2.24) is 0 Å². The highest BCUT2D eigenvalue weighted by Crippen LogP contribution is 2.28. The normalized spacial score (nSPS) is 9.87. The molecule has 0 spiro atoms. The molecular weight excluding hydrogens is 192 g/mol. The maximum atomic E-state index is 11.4. The second kappa shape index (κ2) is 4.82. The zero-order chi connectivity index (χ0) is 11.4. The number of Topliss-reactive ketones (excluding diaryl/α,β-unsaturated/α-hetero) is 1. The Hall–Kier alpha value is -1.51. The smallest absolute Gasteiger partial charge is 0.163 e. The van der Waals surface area contributed by atoms with Crippen LogP contribution in [0.2, 0.25) is 0 Å². The molecule has 0 aliphatic heterocycles. The molecule has 82 valence electrons. The first-order valence-corrected chi connectivity index (χ1v) is 4.92. The van der Waals surface area contributed by atoms with Crippen LogP contribution in [0.4, 0.5) is 0 Å². The number of aryl methyl sites for hydroxylation is 1. The van der Waals surface area contributed by atoms with Crippen LogP contribution in [0.3, 0.4) is 0 Å². The molecule has 0 radical (unpaired) electrons. The Morgan fingerprint density at radius 3 is 2.53 bits per heavy atom. The van der Waals surface area contributed by atoms with Gasteiger partial charge >= 0.3 is 0 Å². The summed E-state index contributed by atoms with van der Waals surface area (Å²) in [4.78, 5) is 11.4. The van der Waals surface area contributed by atoms with Gasteiger partial charge in [0.25, 0.3) is 0 Å². The van der Waals surface area contributed by atoms with Crippen molar-refractivity contribution in [3.05, 3.63) is 23.3 Å². The van der Waals surface area contributed by atoms with Crippen molar-refractivity contribution in [3.8, 4) is 11.5 Å². The zero-order valence-corrected chi connectivity index (χ0v) is 9.59. The molecule has 0 aromatic heterocycles. The van der Waals surface area contributed by atoms with Crippen LogP contribution in [0.1, 0.15) is 29.8 Å². The average Bonchev–Trinajstić information content (AvgIpc) is 2.16. The number of carbonyl (C=O) groups is 1. The van der Waals surface area contributed by atoms with E-state index in [2.05, 4.69) is 0 Å². The maximum absolute atomic E-state index is 11.4. The third-order valence-corrected chi connectivity index (χ3v) is 2.16. The van der Waals surface area contributed by atoms with E-state index in [1.165, 1.54) is 6.92 Å². The number of carbonyl (C=O) groups excluding carboxylic acids is 1. The third kappa shape index (κ3) is 2.49. The van der Waals surface area contributed by atoms with E-state index >= 15 is 0 Å². The maximum Gasteiger partial charge on any atom is 0.163 e. The van der Waals surface area contributed by atoms with Crippen LogP contribution in [0.15, 0.2) is 12.1 Å². The van der Waals surface area contributed by atoms with Crippen molar-refractivity contribution in [1.29, 1.82) is 0 Å². The van der Waals surface area contributed by atoms with E-state index in [0.717, 1.165) is 11.3 Å². The molecule has 0 aliphatic rings. The number of methoxy groups -OCH3 is 1. The molecule has 0 heterocycles. The van der Waals surface area contributed by atoms with Crippen molar-refractivity contribution < 1.29 is 14.3 Å². The summed E-state index contributed by atoms with van der Waals surface area (Å²) in [7, 11) is 1.55. The van der Waals surface area contributed by atoms with Crippen molar-refractivity contribution in [2.75, 3.05) is 13.7 Å². The van der Waals surface area contributed by atoms with Crippen LogP contribution in [0.25, 0.3) is 0 Å². The Balaban J connectivity index is 3.24. The van der Waals surface area contributed by atoms with Crippen molar-refractivity contribution in [2.24, 2.45) is 0 Å². The molecule has 1 rings (SSSR count). The molecule has 0 aliphatic carbocycles.